The predicted molar refractivity (Wildman–Crippen MR) is 130 cm³/mol. The van der Waals surface area contributed by atoms with Gasteiger partial charge in [-0.25, -0.2) is 8.42 Å². The number of carbonyl (C=O) groups is 1. The van der Waals surface area contributed by atoms with Crippen molar-refractivity contribution < 1.29 is 27.1 Å². The number of hydrogen-bond donors (Lipinski definition) is 0. The highest BCUT2D eigenvalue weighted by Crippen LogP contribution is 2.23. The lowest BCUT2D eigenvalue weighted by molar-refractivity contribution is -0.133. The van der Waals surface area contributed by atoms with Gasteiger partial charge in [-0.05, 0) is 54.8 Å². The third kappa shape index (κ3) is 6.50. The van der Waals surface area contributed by atoms with Crippen LogP contribution in [0.15, 0.2) is 82.3 Å². The minimum absolute atomic E-state index is 0.102. The maximum atomic E-state index is 13.6. The van der Waals surface area contributed by atoms with Crippen LogP contribution >= 0.6 is 0 Å². The molecule has 1 atom stereocenters. The molecule has 9 heteroatoms. The molecule has 186 valence electrons. The summed E-state index contributed by atoms with van der Waals surface area (Å²) in [6.45, 7) is 0.962. The summed E-state index contributed by atoms with van der Waals surface area (Å²) in [7, 11) is -2.43. The van der Waals surface area contributed by atoms with Crippen LogP contribution in [-0.2, 0) is 32.6 Å². The van der Waals surface area contributed by atoms with E-state index in [-0.39, 0.29) is 36.5 Å². The highest BCUT2D eigenvalue weighted by Gasteiger charge is 2.32. The van der Waals surface area contributed by atoms with Crippen LogP contribution in [0.4, 0.5) is 0 Å². The second kappa shape index (κ2) is 11.5. The first-order chi connectivity index (χ1) is 17.0. The van der Waals surface area contributed by atoms with Gasteiger partial charge in [0.25, 0.3) is 0 Å². The van der Waals surface area contributed by atoms with Crippen LogP contribution in [0.1, 0.15) is 24.2 Å². The number of amides is 1. The molecule has 1 fully saturated rings. The van der Waals surface area contributed by atoms with Crippen LogP contribution in [0.5, 0.6) is 5.75 Å². The number of nitrogens with zero attached hydrogens (tertiary/aromatic N) is 2. The topological polar surface area (TPSA) is 89.3 Å². The van der Waals surface area contributed by atoms with E-state index in [9.17, 15) is 13.2 Å². The Kier molecular flexibility index (Phi) is 8.22. The minimum Gasteiger partial charge on any atom is -0.497 e. The van der Waals surface area contributed by atoms with Gasteiger partial charge in [-0.1, -0.05) is 30.3 Å². The summed E-state index contributed by atoms with van der Waals surface area (Å²) < 4.78 is 44.7. The lowest BCUT2D eigenvalue weighted by Gasteiger charge is -2.28. The van der Waals surface area contributed by atoms with E-state index in [4.69, 9.17) is 13.9 Å². The SMILES string of the molecule is COc1ccc(S(=O)(=O)N(CC(=O)N(Cc2ccccc2)Cc2ccco2)CC2CCCO2)cc1. The second-order valence-electron chi connectivity index (χ2n) is 8.42. The molecule has 2 heterocycles. The van der Waals surface area contributed by atoms with Gasteiger partial charge in [-0.15, -0.1) is 0 Å². The van der Waals surface area contributed by atoms with Gasteiger partial charge in [0.15, 0.2) is 0 Å². The average molecular weight is 499 g/mol. The Hall–Kier alpha value is -3.14. The summed E-state index contributed by atoms with van der Waals surface area (Å²) in [5, 5.41) is 0. The van der Waals surface area contributed by atoms with Gasteiger partial charge in [0.2, 0.25) is 15.9 Å². The van der Waals surface area contributed by atoms with E-state index in [0.717, 1.165) is 18.4 Å². The molecule has 1 aliphatic heterocycles. The molecular formula is C26H30N2O6S. The molecule has 0 aliphatic carbocycles. The van der Waals surface area contributed by atoms with E-state index in [2.05, 4.69) is 0 Å². The highest BCUT2D eigenvalue weighted by molar-refractivity contribution is 7.89. The van der Waals surface area contributed by atoms with Crippen LogP contribution in [-0.4, -0.2) is 56.4 Å². The second-order valence-corrected chi connectivity index (χ2v) is 10.4. The van der Waals surface area contributed by atoms with Gasteiger partial charge in [-0.3, -0.25) is 4.79 Å². The highest BCUT2D eigenvalue weighted by atomic mass is 32.2. The molecule has 1 aromatic heterocycles. The third-order valence-electron chi connectivity index (χ3n) is 5.94. The van der Waals surface area contributed by atoms with Crippen molar-refractivity contribution in [2.45, 2.75) is 36.9 Å². The third-order valence-corrected chi connectivity index (χ3v) is 7.76. The number of methoxy groups -OCH3 is 1. The maximum absolute atomic E-state index is 13.6. The normalized spacial score (nSPS) is 15.9. The van der Waals surface area contributed by atoms with Crippen LogP contribution in [0.3, 0.4) is 0 Å². The zero-order valence-corrected chi connectivity index (χ0v) is 20.5. The molecular weight excluding hydrogens is 468 g/mol. The zero-order valence-electron chi connectivity index (χ0n) is 19.7. The maximum Gasteiger partial charge on any atom is 0.243 e. The van der Waals surface area contributed by atoms with E-state index in [0.29, 0.717) is 24.7 Å². The van der Waals surface area contributed by atoms with E-state index in [1.54, 1.807) is 35.4 Å². The van der Waals surface area contributed by atoms with Crippen LogP contribution in [0.2, 0.25) is 0 Å². The molecule has 0 radical (unpaired) electrons. The number of rotatable bonds is 11. The number of hydrogen-bond acceptors (Lipinski definition) is 6. The van der Waals surface area contributed by atoms with Crippen LogP contribution in [0, 0.1) is 0 Å². The van der Waals surface area contributed by atoms with E-state index < -0.39 is 10.0 Å². The Morgan fingerprint density at radius 1 is 1.03 bits per heavy atom. The Morgan fingerprint density at radius 2 is 1.80 bits per heavy atom. The van der Waals surface area contributed by atoms with Gasteiger partial charge >= 0.3 is 0 Å². The lowest BCUT2D eigenvalue weighted by atomic mass is 10.2. The standard InChI is InChI=1S/C26H30N2O6S/c1-32-22-11-13-25(14-12-22)35(30,31)28(19-24-10-6-16-34-24)20-26(29)27(18-23-9-5-15-33-23)17-21-7-3-2-4-8-21/h2-5,7-9,11-15,24H,6,10,16-20H2,1H3. The largest absolute Gasteiger partial charge is 0.497 e. The Bertz CT molecular complexity index is 1170. The number of carbonyl (C=O) groups excluding carboxylic acids is 1. The molecule has 1 aliphatic rings. The Morgan fingerprint density at radius 3 is 2.43 bits per heavy atom. The fourth-order valence-corrected chi connectivity index (χ4v) is 5.46. The molecule has 0 bridgehead atoms. The first-order valence-corrected chi connectivity index (χ1v) is 13.0. The predicted octanol–water partition coefficient (Wildman–Crippen LogP) is 3.69. The molecule has 1 unspecified atom stereocenters. The summed E-state index contributed by atoms with van der Waals surface area (Å²) in [5.41, 5.74) is 0.941. The first-order valence-electron chi connectivity index (χ1n) is 11.6. The van der Waals surface area contributed by atoms with Gasteiger partial charge in [0.05, 0.1) is 37.5 Å². The first kappa shape index (κ1) is 25.0. The Balaban J connectivity index is 1.59. The average Bonchev–Trinajstić information content (AvgIpc) is 3.58. The summed E-state index contributed by atoms with van der Waals surface area (Å²) in [6.07, 6.45) is 2.93. The van der Waals surface area contributed by atoms with Gasteiger partial charge in [0.1, 0.15) is 11.5 Å². The molecule has 1 amide bonds. The number of furan rings is 1. The summed E-state index contributed by atoms with van der Waals surface area (Å²) >= 11 is 0. The molecule has 0 spiro atoms. The number of benzene rings is 2. The van der Waals surface area contributed by atoms with E-state index in [1.165, 1.54) is 23.5 Å². The summed E-state index contributed by atoms with van der Waals surface area (Å²) in [5.74, 6) is 0.858. The van der Waals surface area contributed by atoms with Crippen molar-refractivity contribution in [3.63, 3.8) is 0 Å². The smallest absolute Gasteiger partial charge is 0.243 e. The zero-order chi connectivity index (χ0) is 24.7. The van der Waals surface area contributed by atoms with Crippen molar-refractivity contribution in [3.8, 4) is 5.75 Å². The van der Waals surface area contributed by atoms with Crippen molar-refractivity contribution in [1.29, 1.82) is 0 Å². The quantitative estimate of drug-likeness (QED) is 0.401. The molecule has 3 aromatic rings. The number of sulfonamides is 1. The van der Waals surface area contributed by atoms with Crippen molar-refractivity contribution in [2.24, 2.45) is 0 Å². The van der Waals surface area contributed by atoms with Gasteiger partial charge in [0, 0.05) is 19.7 Å². The van der Waals surface area contributed by atoms with Crippen LogP contribution in [0.25, 0.3) is 0 Å². The van der Waals surface area contributed by atoms with Crippen molar-refractivity contribution in [2.75, 3.05) is 26.8 Å². The van der Waals surface area contributed by atoms with E-state index in [1.807, 2.05) is 30.3 Å². The Labute approximate surface area is 206 Å². The number of ether oxygens (including phenoxy) is 2. The molecule has 1 saturated heterocycles. The lowest BCUT2D eigenvalue weighted by Crippen LogP contribution is -2.45. The molecule has 4 rings (SSSR count). The summed E-state index contributed by atoms with van der Waals surface area (Å²) in [6, 6.07) is 19.3. The molecule has 2 aromatic carbocycles. The van der Waals surface area contributed by atoms with E-state index >= 15 is 0 Å². The monoisotopic (exact) mass is 498 g/mol. The molecule has 0 saturated carbocycles. The van der Waals surface area contributed by atoms with Crippen molar-refractivity contribution >= 4 is 15.9 Å². The van der Waals surface area contributed by atoms with Crippen molar-refractivity contribution in [3.05, 3.63) is 84.3 Å². The molecule has 0 N–H and O–H groups in total. The molecule has 35 heavy (non-hydrogen) atoms. The minimum atomic E-state index is -3.95. The van der Waals surface area contributed by atoms with Gasteiger partial charge in [-0.2, -0.15) is 4.31 Å². The van der Waals surface area contributed by atoms with Crippen LogP contribution < -0.4 is 4.74 Å². The summed E-state index contributed by atoms with van der Waals surface area (Å²) in [4.78, 5) is 15.3. The van der Waals surface area contributed by atoms with Crippen molar-refractivity contribution in [1.82, 2.24) is 9.21 Å². The molecule has 8 nitrogen and oxygen atoms in total. The fourth-order valence-electron chi connectivity index (χ4n) is 4.04. The van der Waals surface area contributed by atoms with Gasteiger partial charge < -0.3 is 18.8 Å². The fraction of sp³-hybridized carbons (Fsp3) is 0.346.